The standard InChI is InChI=1S/C22H27N5O4/c1-22(2,3)31-21(30)26-8-9-27(20(29)17-11-24-14-25-12-17)18(13-26)15-6-5-7-16(10-15)19(28)23-4/h5-7,10-12,14,18H,8-9,13H2,1-4H3,(H,23,28)/t18-/m1/s1. The Hall–Kier alpha value is -3.49. The summed E-state index contributed by atoms with van der Waals surface area (Å²) < 4.78 is 5.52. The molecule has 9 heteroatoms. The van der Waals surface area contributed by atoms with Crippen LogP contribution in [0.5, 0.6) is 0 Å². The van der Waals surface area contributed by atoms with Crippen molar-refractivity contribution in [2.75, 3.05) is 26.7 Å². The van der Waals surface area contributed by atoms with Crippen LogP contribution in [-0.2, 0) is 4.74 Å². The van der Waals surface area contributed by atoms with Gasteiger partial charge in [0.15, 0.2) is 0 Å². The van der Waals surface area contributed by atoms with E-state index < -0.39 is 17.7 Å². The number of amides is 3. The van der Waals surface area contributed by atoms with Gasteiger partial charge in [-0.05, 0) is 38.5 Å². The van der Waals surface area contributed by atoms with Crippen molar-refractivity contribution in [1.29, 1.82) is 0 Å². The lowest BCUT2D eigenvalue weighted by Gasteiger charge is -2.42. The Morgan fingerprint density at radius 2 is 1.81 bits per heavy atom. The molecule has 0 saturated carbocycles. The van der Waals surface area contributed by atoms with Crippen LogP contribution in [0.4, 0.5) is 4.79 Å². The smallest absolute Gasteiger partial charge is 0.410 e. The molecule has 2 heterocycles. The third-order valence-electron chi connectivity index (χ3n) is 4.86. The molecule has 1 N–H and O–H groups in total. The van der Waals surface area contributed by atoms with Crippen LogP contribution in [-0.4, -0.2) is 70.0 Å². The van der Waals surface area contributed by atoms with E-state index in [1.807, 2.05) is 26.8 Å². The van der Waals surface area contributed by atoms with Gasteiger partial charge in [-0.25, -0.2) is 14.8 Å². The second-order valence-corrected chi connectivity index (χ2v) is 8.27. The Balaban J connectivity index is 1.93. The van der Waals surface area contributed by atoms with Crippen molar-refractivity contribution in [1.82, 2.24) is 25.1 Å². The van der Waals surface area contributed by atoms with Gasteiger partial charge in [-0.15, -0.1) is 0 Å². The highest BCUT2D eigenvalue weighted by Gasteiger charge is 2.36. The van der Waals surface area contributed by atoms with Crippen molar-refractivity contribution in [3.8, 4) is 0 Å². The van der Waals surface area contributed by atoms with Gasteiger partial charge < -0.3 is 19.9 Å². The fourth-order valence-corrected chi connectivity index (χ4v) is 3.41. The molecule has 3 amide bonds. The third-order valence-corrected chi connectivity index (χ3v) is 4.86. The first kappa shape index (κ1) is 22.2. The quantitative estimate of drug-likeness (QED) is 0.809. The van der Waals surface area contributed by atoms with E-state index in [1.165, 1.54) is 18.7 Å². The molecule has 1 aromatic heterocycles. The summed E-state index contributed by atoms with van der Waals surface area (Å²) in [5, 5.41) is 2.60. The third kappa shape index (κ3) is 5.36. The molecule has 0 spiro atoms. The SMILES string of the molecule is CNC(=O)c1cccc([C@H]2CN(C(=O)OC(C)(C)C)CCN2C(=O)c2cncnc2)c1. The zero-order valence-corrected chi connectivity index (χ0v) is 18.2. The summed E-state index contributed by atoms with van der Waals surface area (Å²) in [6, 6.07) is 6.59. The number of carbonyl (C=O) groups is 3. The Kier molecular flexibility index (Phi) is 6.53. The summed E-state index contributed by atoms with van der Waals surface area (Å²) in [6.45, 7) is 6.31. The molecule has 164 valence electrons. The van der Waals surface area contributed by atoms with Crippen molar-refractivity contribution < 1.29 is 19.1 Å². The highest BCUT2D eigenvalue weighted by atomic mass is 16.6. The fraction of sp³-hybridized carbons (Fsp3) is 0.409. The highest BCUT2D eigenvalue weighted by molar-refractivity contribution is 5.95. The normalized spacial score (nSPS) is 16.6. The van der Waals surface area contributed by atoms with Crippen LogP contribution >= 0.6 is 0 Å². The number of ether oxygens (including phenoxy) is 1. The van der Waals surface area contributed by atoms with Crippen LogP contribution in [0, 0.1) is 0 Å². The topological polar surface area (TPSA) is 105 Å². The molecule has 1 atom stereocenters. The van der Waals surface area contributed by atoms with Gasteiger partial charge in [-0.2, -0.15) is 0 Å². The molecule has 0 bridgehead atoms. The molecule has 1 aliphatic rings. The van der Waals surface area contributed by atoms with Gasteiger partial charge in [0.2, 0.25) is 0 Å². The van der Waals surface area contributed by atoms with E-state index in [-0.39, 0.29) is 18.4 Å². The van der Waals surface area contributed by atoms with Gasteiger partial charge in [0.05, 0.1) is 11.6 Å². The van der Waals surface area contributed by atoms with E-state index in [1.54, 1.807) is 35.0 Å². The summed E-state index contributed by atoms with van der Waals surface area (Å²) in [5.74, 6) is -0.462. The average molecular weight is 425 g/mol. The predicted octanol–water partition coefficient (Wildman–Crippen LogP) is 2.27. The zero-order valence-electron chi connectivity index (χ0n) is 18.2. The number of nitrogens with one attached hydrogen (secondary N) is 1. The summed E-state index contributed by atoms with van der Waals surface area (Å²) in [5.41, 5.74) is 0.963. The summed E-state index contributed by atoms with van der Waals surface area (Å²) >= 11 is 0. The van der Waals surface area contributed by atoms with Crippen LogP contribution in [0.3, 0.4) is 0 Å². The number of hydrogen-bond acceptors (Lipinski definition) is 6. The average Bonchev–Trinajstić information content (AvgIpc) is 2.77. The minimum absolute atomic E-state index is 0.226. The predicted molar refractivity (Wildman–Crippen MR) is 113 cm³/mol. The van der Waals surface area contributed by atoms with Crippen LogP contribution in [0.2, 0.25) is 0 Å². The lowest BCUT2D eigenvalue weighted by molar-refractivity contribution is 0.00405. The largest absolute Gasteiger partial charge is 0.444 e. The van der Waals surface area contributed by atoms with E-state index in [0.717, 1.165) is 5.56 Å². The van der Waals surface area contributed by atoms with Crippen molar-refractivity contribution in [3.05, 3.63) is 59.7 Å². The zero-order chi connectivity index (χ0) is 22.6. The summed E-state index contributed by atoms with van der Waals surface area (Å²) in [7, 11) is 1.56. The molecule has 1 aliphatic heterocycles. The molecule has 1 fully saturated rings. The number of hydrogen-bond donors (Lipinski definition) is 1. The first-order valence-corrected chi connectivity index (χ1v) is 10.1. The number of piperazine rings is 1. The van der Waals surface area contributed by atoms with Gasteiger partial charge in [0.25, 0.3) is 11.8 Å². The molecular formula is C22H27N5O4. The Morgan fingerprint density at radius 3 is 2.45 bits per heavy atom. The summed E-state index contributed by atoms with van der Waals surface area (Å²) in [6.07, 6.45) is 3.86. The second-order valence-electron chi connectivity index (χ2n) is 8.27. The van der Waals surface area contributed by atoms with Crippen LogP contribution in [0.15, 0.2) is 43.0 Å². The van der Waals surface area contributed by atoms with Crippen molar-refractivity contribution >= 4 is 17.9 Å². The van der Waals surface area contributed by atoms with E-state index in [0.29, 0.717) is 24.2 Å². The second kappa shape index (κ2) is 9.11. The molecule has 0 radical (unpaired) electrons. The number of aromatic nitrogens is 2. The monoisotopic (exact) mass is 425 g/mol. The number of nitrogens with zero attached hydrogens (tertiary/aromatic N) is 4. The van der Waals surface area contributed by atoms with Crippen LogP contribution in [0.25, 0.3) is 0 Å². The molecule has 31 heavy (non-hydrogen) atoms. The van der Waals surface area contributed by atoms with Gasteiger partial charge in [0.1, 0.15) is 11.9 Å². The Labute approximate surface area is 181 Å². The summed E-state index contributed by atoms with van der Waals surface area (Å²) in [4.78, 5) is 49.1. The first-order chi connectivity index (χ1) is 14.7. The van der Waals surface area contributed by atoms with Crippen LogP contribution < -0.4 is 5.32 Å². The van der Waals surface area contributed by atoms with Gasteiger partial charge in [0, 0.05) is 44.6 Å². The van der Waals surface area contributed by atoms with Crippen molar-refractivity contribution in [2.45, 2.75) is 32.4 Å². The lowest BCUT2D eigenvalue weighted by Crippen LogP contribution is -2.53. The van der Waals surface area contributed by atoms with E-state index in [9.17, 15) is 14.4 Å². The van der Waals surface area contributed by atoms with E-state index >= 15 is 0 Å². The molecular weight excluding hydrogens is 398 g/mol. The van der Waals surface area contributed by atoms with Gasteiger partial charge in [-0.3, -0.25) is 9.59 Å². The Morgan fingerprint density at radius 1 is 1.10 bits per heavy atom. The maximum atomic E-state index is 13.2. The minimum Gasteiger partial charge on any atom is -0.444 e. The van der Waals surface area contributed by atoms with Gasteiger partial charge in [-0.1, -0.05) is 12.1 Å². The molecule has 1 aromatic carbocycles. The minimum atomic E-state index is -0.625. The maximum absolute atomic E-state index is 13.2. The molecule has 0 unspecified atom stereocenters. The highest BCUT2D eigenvalue weighted by Crippen LogP contribution is 2.28. The van der Waals surface area contributed by atoms with Gasteiger partial charge >= 0.3 is 6.09 Å². The lowest BCUT2D eigenvalue weighted by atomic mass is 9.99. The van der Waals surface area contributed by atoms with Crippen LogP contribution in [0.1, 0.15) is 53.1 Å². The maximum Gasteiger partial charge on any atom is 0.410 e. The molecule has 2 aromatic rings. The number of carbonyl (C=O) groups excluding carboxylic acids is 3. The number of rotatable bonds is 3. The Bertz CT molecular complexity index is 958. The van der Waals surface area contributed by atoms with Crippen molar-refractivity contribution in [3.63, 3.8) is 0 Å². The molecule has 3 rings (SSSR count). The van der Waals surface area contributed by atoms with E-state index in [4.69, 9.17) is 4.74 Å². The number of benzene rings is 1. The molecule has 9 nitrogen and oxygen atoms in total. The van der Waals surface area contributed by atoms with E-state index in [2.05, 4.69) is 15.3 Å². The fourth-order valence-electron chi connectivity index (χ4n) is 3.41. The first-order valence-electron chi connectivity index (χ1n) is 10.1. The van der Waals surface area contributed by atoms with Crippen molar-refractivity contribution in [2.24, 2.45) is 0 Å². The molecule has 1 saturated heterocycles. The molecule has 0 aliphatic carbocycles.